The number of hydrogen-bond acceptors (Lipinski definition) is 7. The first-order valence-electron chi connectivity index (χ1n) is 12.7. The number of ether oxygens (including phenoxy) is 2. The van der Waals surface area contributed by atoms with E-state index in [1.807, 2.05) is 35.8 Å². The molecular weight excluding hydrogens is 472 g/mol. The van der Waals surface area contributed by atoms with E-state index < -0.39 is 11.6 Å². The second kappa shape index (κ2) is 11.3. The number of esters is 1. The van der Waals surface area contributed by atoms with Gasteiger partial charge in [0.15, 0.2) is 5.69 Å². The van der Waals surface area contributed by atoms with Gasteiger partial charge in [-0.1, -0.05) is 30.3 Å². The molecule has 0 bridgehead atoms. The number of amides is 1. The number of anilines is 2. The second-order valence-electron chi connectivity index (χ2n) is 10.1. The summed E-state index contributed by atoms with van der Waals surface area (Å²) in [6, 6.07) is 11.7. The van der Waals surface area contributed by atoms with Crippen LogP contribution in [0.3, 0.4) is 0 Å². The van der Waals surface area contributed by atoms with E-state index in [0.717, 1.165) is 12.8 Å². The van der Waals surface area contributed by atoms with Crippen molar-refractivity contribution < 1.29 is 24.2 Å². The quantitative estimate of drug-likeness (QED) is 0.355. The minimum Gasteiger partial charge on any atom is -0.464 e. The van der Waals surface area contributed by atoms with E-state index in [2.05, 4.69) is 27.8 Å². The lowest BCUT2D eigenvalue weighted by Crippen LogP contribution is -2.39. The smallest absolute Gasteiger partial charge is 0.356 e. The number of methoxy groups -OCH3 is 1. The third-order valence-corrected chi connectivity index (χ3v) is 6.96. The minimum absolute atomic E-state index is 0.200. The molecule has 2 aromatic heterocycles. The molecule has 0 saturated carbocycles. The van der Waals surface area contributed by atoms with Crippen LogP contribution in [0.2, 0.25) is 0 Å². The van der Waals surface area contributed by atoms with Crippen molar-refractivity contribution in [3.05, 3.63) is 53.9 Å². The number of pyridine rings is 1. The molecule has 1 aliphatic rings. The number of rotatable bonds is 10. The summed E-state index contributed by atoms with van der Waals surface area (Å²) in [6.45, 7) is 6.73. The fraction of sp³-hybridized carbons (Fsp3) is 0.464. The molecule has 0 aliphatic carbocycles. The standard InChI is InChI=1S/C28H36N4O5/c1-18(28(2,3)35)30-21-15-22-23(31-26(33)20-12-14-37-17-20)24(27(34)36-4)32(25(22)29-16-21)13-8-11-19-9-6-5-7-10-19/h5-7,9-10,15-16,18,20,30,35H,8,11-14,17H2,1-4H3,(H,31,33). The highest BCUT2D eigenvalue weighted by molar-refractivity contribution is 6.11. The number of nitrogens with one attached hydrogen (secondary N) is 2. The Morgan fingerprint density at radius 3 is 2.70 bits per heavy atom. The average molecular weight is 509 g/mol. The van der Waals surface area contributed by atoms with Gasteiger partial charge in [0.2, 0.25) is 5.91 Å². The zero-order chi connectivity index (χ0) is 26.6. The first-order valence-corrected chi connectivity index (χ1v) is 12.7. The zero-order valence-corrected chi connectivity index (χ0v) is 21.9. The van der Waals surface area contributed by atoms with Crippen LogP contribution in [0.4, 0.5) is 11.4 Å². The summed E-state index contributed by atoms with van der Waals surface area (Å²) in [5, 5.41) is 17.3. The molecule has 3 heterocycles. The zero-order valence-electron chi connectivity index (χ0n) is 21.9. The molecule has 0 radical (unpaired) electrons. The number of aromatic nitrogens is 2. The lowest BCUT2D eigenvalue weighted by Gasteiger charge is -2.27. The molecule has 1 aliphatic heterocycles. The number of fused-ring (bicyclic) bond motifs is 1. The predicted molar refractivity (Wildman–Crippen MR) is 143 cm³/mol. The molecule has 2 atom stereocenters. The molecule has 2 unspecified atom stereocenters. The summed E-state index contributed by atoms with van der Waals surface area (Å²) in [4.78, 5) is 30.8. The fourth-order valence-electron chi connectivity index (χ4n) is 4.44. The molecule has 0 spiro atoms. The van der Waals surface area contributed by atoms with E-state index in [-0.39, 0.29) is 23.6 Å². The Labute approximate surface area is 217 Å². The van der Waals surface area contributed by atoms with Gasteiger partial charge in [0, 0.05) is 18.5 Å². The van der Waals surface area contributed by atoms with Crippen LogP contribution in [0.5, 0.6) is 0 Å². The third-order valence-electron chi connectivity index (χ3n) is 6.96. The highest BCUT2D eigenvalue weighted by Crippen LogP contribution is 2.34. The van der Waals surface area contributed by atoms with E-state index in [9.17, 15) is 14.7 Å². The molecule has 9 heteroatoms. The third kappa shape index (κ3) is 6.11. The van der Waals surface area contributed by atoms with E-state index in [0.29, 0.717) is 48.6 Å². The van der Waals surface area contributed by atoms with Crippen LogP contribution in [-0.2, 0) is 27.2 Å². The first-order chi connectivity index (χ1) is 17.7. The van der Waals surface area contributed by atoms with E-state index in [1.54, 1.807) is 20.0 Å². The lowest BCUT2D eigenvalue weighted by atomic mass is 10.0. The Bertz CT molecular complexity index is 1240. The molecule has 1 saturated heterocycles. The Hall–Kier alpha value is -3.43. The first kappa shape index (κ1) is 26.6. The molecule has 37 heavy (non-hydrogen) atoms. The summed E-state index contributed by atoms with van der Waals surface area (Å²) in [5.41, 5.74) is 2.12. The Morgan fingerprint density at radius 2 is 2.05 bits per heavy atom. The predicted octanol–water partition coefficient (Wildman–Crippen LogP) is 4.00. The highest BCUT2D eigenvalue weighted by Gasteiger charge is 2.30. The number of carbonyl (C=O) groups is 2. The van der Waals surface area contributed by atoms with Crippen LogP contribution in [-0.4, -0.2) is 58.5 Å². The fourth-order valence-corrected chi connectivity index (χ4v) is 4.44. The number of aryl methyl sites for hydroxylation is 2. The van der Waals surface area contributed by atoms with Crippen LogP contribution < -0.4 is 10.6 Å². The van der Waals surface area contributed by atoms with Gasteiger partial charge in [-0.05, 0) is 51.7 Å². The van der Waals surface area contributed by atoms with Crippen molar-refractivity contribution in [2.45, 2.75) is 58.2 Å². The maximum absolute atomic E-state index is 13.1. The van der Waals surface area contributed by atoms with Crippen LogP contribution >= 0.6 is 0 Å². The summed E-state index contributed by atoms with van der Waals surface area (Å²) >= 11 is 0. The van der Waals surface area contributed by atoms with Crippen molar-refractivity contribution >= 4 is 34.3 Å². The van der Waals surface area contributed by atoms with Crippen LogP contribution in [0, 0.1) is 5.92 Å². The van der Waals surface area contributed by atoms with Gasteiger partial charge in [-0.3, -0.25) is 4.79 Å². The van der Waals surface area contributed by atoms with Gasteiger partial charge in [0.25, 0.3) is 0 Å². The number of hydrogen-bond donors (Lipinski definition) is 3. The SMILES string of the molecule is COC(=O)c1c(NC(=O)C2CCOC2)c2cc(NC(C)C(C)(C)O)cnc2n1CCCc1ccccc1. The van der Waals surface area contributed by atoms with Gasteiger partial charge in [0.1, 0.15) is 5.65 Å². The van der Waals surface area contributed by atoms with E-state index in [4.69, 9.17) is 9.47 Å². The number of nitrogens with zero attached hydrogens (tertiary/aromatic N) is 2. The maximum Gasteiger partial charge on any atom is 0.356 e. The Kier molecular flexibility index (Phi) is 8.14. The monoisotopic (exact) mass is 508 g/mol. The van der Waals surface area contributed by atoms with Gasteiger partial charge in [-0.2, -0.15) is 0 Å². The van der Waals surface area contributed by atoms with Crippen LogP contribution in [0.15, 0.2) is 42.6 Å². The van der Waals surface area contributed by atoms with Gasteiger partial charge in [0.05, 0.1) is 48.8 Å². The topological polar surface area (TPSA) is 115 Å². The molecule has 3 N–H and O–H groups in total. The summed E-state index contributed by atoms with van der Waals surface area (Å²) in [7, 11) is 1.33. The Morgan fingerprint density at radius 1 is 1.30 bits per heavy atom. The van der Waals surface area contributed by atoms with Gasteiger partial charge in [-0.25, -0.2) is 9.78 Å². The molecule has 1 aromatic carbocycles. The number of aliphatic hydroxyl groups is 1. The largest absolute Gasteiger partial charge is 0.464 e. The molecule has 1 fully saturated rings. The van der Waals surface area contributed by atoms with Crippen molar-refractivity contribution in [3.63, 3.8) is 0 Å². The molecule has 9 nitrogen and oxygen atoms in total. The van der Waals surface area contributed by atoms with Gasteiger partial charge in [-0.15, -0.1) is 0 Å². The molecular formula is C28H36N4O5. The van der Waals surface area contributed by atoms with Crippen LogP contribution in [0.25, 0.3) is 11.0 Å². The Balaban J connectivity index is 1.75. The number of carbonyl (C=O) groups excluding carboxylic acids is 2. The normalized spacial score (nSPS) is 16.5. The molecule has 1 amide bonds. The van der Waals surface area contributed by atoms with E-state index >= 15 is 0 Å². The van der Waals surface area contributed by atoms with Crippen molar-refractivity contribution in [1.82, 2.24) is 9.55 Å². The molecule has 198 valence electrons. The second-order valence-corrected chi connectivity index (χ2v) is 10.1. The summed E-state index contributed by atoms with van der Waals surface area (Å²) in [5.74, 6) is -1.03. The van der Waals surface area contributed by atoms with Gasteiger partial charge < -0.3 is 29.8 Å². The van der Waals surface area contributed by atoms with Crippen LogP contribution in [0.1, 0.15) is 49.7 Å². The highest BCUT2D eigenvalue weighted by atomic mass is 16.5. The molecule has 4 rings (SSSR count). The summed E-state index contributed by atoms with van der Waals surface area (Å²) < 4.78 is 12.4. The lowest BCUT2D eigenvalue weighted by molar-refractivity contribution is -0.119. The van der Waals surface area contributed by atoms with Crippen molar-refractivity contribution in [2.75, 3.05) is 31.0 Å². The van der Waals surface area contributed by atoms with Gasteiger partial charge >= 0.3 is 5.97 Å². The number of benzene rings is 1. The maximum atomic E-state index is 13.1. The van der Waals surface area contributed by atoms with Crippen molar-refractivity contribution in [2.24, 2.45) is 5.92 Å². The van der Waals surface area contributed by atoms with Crippen molar-refractivity contribution in [1.29, 1.82) is 0 Å². The minimum atomic E-state index is -0.963. The summed E-state index contributed by atoms with van der Waals surface area (Å²) in [6.07, 6.45) is 3.89. The molecule has 3 aromatic rings. The average Bonchev–Trinajstić information content (AvgIpc) is 3.51. The van der Waals surface area contributed by atoms with Crippen molar-refractivity contribution in [3.8, 4) is 0 Å². The van der Waals surface area contributed by atoms with E-state index in [1.165, 1.54) is 12.7 Å².